The predicted molar refractivity (Wildman–Crippen MR) is 63.5 cm³/mol. The van der Waals surface area contributed by atoms with Gasteiger partial charge in [-0.15, -0.1) is 0 Å². The zero-order chi connectivity index (χ0) is 11.7. The maximum atomic E-state index is 11.4. The molecule has 1 saturated heterocycles. The lowest BCUT2D eigenvalue weighted by atomic mass is 10.1. The molecule has 16 heavy (non-hydrogen) atoms. The van der Waals surface area contributed by atoms with Crippen LogP contribution < -0.4 is 0 Å². The topological polar surface area (TPSA) is 54.4 Å². The summed E-state index contributed by atoms with van der Waals surface area (Å²) in [6.07, 6.45) is 0. The van der Waals surface area contributed by atoms with Gasteiger partial charge in [-0.05, 0) is 24.3 Å². The monoisotopic (exact) mass is 254 g/mol. The van der Waals surface area contributed by atoms with Crippen molar-refractivity contribution in [1.29, 1.82) is 0 Å². The molecule has 82 valence electrons. The Balaban J connectivity index is 2.47. The molecule has 0 aromatic heterocycles. The molecule has 1 aliphatic rings. The Bertz CT molecular complexity index is 472. The summed E-state index contributed by atoms with van der Waals surface area (Å²) in [5.74, 6) is -0.495. The van der Waals surface area contributed by atoms with Crippen molar-refractivity contribution in [3.8, 4) is 0 Å². The summed E-state index contributed by atoms with van der Waals surface area (Å²) < 4.78 is 0. The lowest BCUT2D eigenvalue weighted by Gasteiger charge is -2.02. The molecule has 1 aromatic rings. The third kappa shape index (κ3) is 1.99. The molecule has 0 spiro atoms. The maximum absolute atomic E-state index is 11.4. The van der Waals surface area contributed by atoms with Crippen molar-refractivity contribution in [3.05, 3.63) is 40.4 Å². The third-order valence-electron chi connectivity index (χ3n) is 2.17. The van der Waals surface area contributed by atoms with Crippen LogP contribution in [0.2, 0.25) is 5.02 Å². The average molecular weight is 255 g/mol. The molecule has 3 nitrogen and oxygen atoms in total. The van der Waals surface area contributed by atoms with E-state index in [1.807, 2.05) is 0 Å². The Kier molecular flexibility index (Phi) is 3.03. The highest BCUT2D eigenvalue weighted by atomic mass is 35.5. The summed E-state index contributed by atoms with van der Waals surface area (Å²) in [7, 11) is 0. The molecule has 0 unspecified atom stereocenters. The number of carbonyl (C=O) groups is 2. The highest BCUT2D eigenvalue weighted by Crippen LogP contribution is 2.28. The van der Waals surface area contributed by atoms with Crippen LogP contribution in [-0.2, 0) is 9.59 Å². The van der Waals surface area contributed by atoms with Crippen LogP contribution in [0.1, 0.15) is 5.56 Å². The highest BCUT2D eigenvalue weighted by Gasteiger charge is 2.31. The van der Waals surface area contributed by atoms with Gasteiger partial charge in [-0.1, -0.05) is 23.4 Å². The fourth-order valence-electron chi connectivity index (χ4n) is 1.37. The molecule has 1 fully saturated rings. The first-order valence-corrected chi connectivity index (χ1v) is 5.85. The minimum absolute atomic E-state index is 0.103. The summed E-state index contributed by atoms with van der Waals surface area (Å²) >= 11 is 6.60. The van der Waals surface area contributed by atoms with Gasteiger partial charge in [0.1, 0.15) is 11.3 Å². The zero-order valence-electron chi connectivity index (χ0n) is 8.07. The predicted octanol–water partition coefficient (Wildman–Crippen LogP) is 2.45. The van der Waals surface area contributed by atoms with Gasteiger partial charge >= 0.3 is 0 Å². The second-order valence-electron chi connectivity index (χ2n) is 3.23. The number of benzene rings is 1. The summed E-state index contributed by atoms with van der Waals surface area (Å²) in [5, 5.41) is 9.98. The maximum Gasteiger partial charge on any atom is 0.227 e. The highest BCUT2D eigenvalue weighted by molar-refractivity contribution is 8.15. The Morgan fingerprint density at radius 2 is 1.88 bits per heavy atom. The summed E-state index contributed by atoms with van der Waals surface area (Å²) in [4.78, 5) is 22.7. The number of hydrogen-bond acceptors (Lipinski definition) is 4. The number of halogens is 1. The average Bonchev–Trinajstić information content (AvgIpc) is 2.59. The van der Waals surface area contributed by atoms with Gasteiger partial charge < -0.3 is 5.11 Å². The van der Waals surface area contributed by atoms with Crippen molar-refractivity contribution in [2.75, 3.05) is 5.75 Å². The van der Waals surface area contributed by atoms with Crippen LogP contribution >= 0.6 is 23.4 Å². The molecule has 5 heteroatoms. The molecule has 1 heterocycles. The van der Waals surface area contributed by atoms with Gasteiger partial charge in [0, 0.05) is 10.6 Å². The minimum atomic E-state index is -0.377. The van der Waals surface area contributed by atoms with Crippen molar-refractivity contribution in [3.63, 3.8) is 0 Å². The number of Topliss-reactive ketones (excluding diaryl/α,β-unsaturated/α-hetero) is 1. The number of aliphatic hydroxyl groups excluding tert-OH is 1. The van der Waals surface area contributed by atoms with Crippen LogP contribution in [0.3, 0.4) is 0 Å². The van der Waals surface area contributed by atoms with E-state index in [2.05, 4.69) is 0 Å². The van der Waals surface area contributed by atoms with Crippen LogP contribution in [0, 0.1) is 0 Å². The van der Waals surface area contributed by atoms with E-state index in [0.717, 1.165) is 11.8 Å². The Hall–Kier alpha value is -1.26. The van der Waals surface area contributed by atoms with E-state index in [1.54, 1.807) is 24.3 Å². The van der Waals surface area contributed by atoms with E-state index >= 15 is 0 Å². The van der Waals surface area contributed by atoms with Gasteiger partial charge in [0.15, 0.2) is 5.78 Å². The minimum Gasteiger partial charge on any atom is -0.506 e. The van der Waals surface area contributed by atoms with Gasteiger partial charge in [-0.3, -0.25) is 9.59 Å². The normalized spacial score (nSPS) is 19.1. The Morgan fingerprint density at radius 1 is 1.25 bits per heavy atom. The van der Waals surface area contributed by atoms with Crippen molar-refractivity contribution < 1.29 is 14.7 Å². The van der Waals surface area contributed by atoms with Crippen LogP contribution in [0.4, 0.5) is 0 Å². The fraction of sp³-hybridized carbons (Fsp3) is 0.0909. The summed E-state index contributed by atoms with van der Waals surface area (Å²) in [6, 6.07) is 6.30. The third-order valence-corrected chi connectivity index (χ3v) is 3.30. The number of ketones is 1. The molecule has 0 amide bonds. The molecule has 1 aliphatic heterocycles. The van der Waals surface area contributed by atoms with Crippen molar-refractivity contribution >= 4 is 40.0 Å². The van der Waals surface area contributed by atoms with E-state index in [4.69, 9.17) is 11.6 Å². The van der Waals surface area contributed by atoms with Crippen LogP contribution in [0.5, 0.6) is 0 Å². The van der Waals surface area contributed by atoms with Crippen LogP contribution in [-0.4, -0.2) is 21.8 Å². The molecule has 1 N–H and O–H groups in total. The Labute approximate surface area is 101 Å². The quantitative estimate of drug-likeness (QED) is 0.475. The van der Waals surface area contributed by atoms with Crippen molar-refractivity contribution in [2.24, 2.45) is 0 Å². The van der Waals surface area contributed by atoms with Crippen molar-refractivity contribution in [2.45, 2.75) is 0 Å². The molecule has 0 atom stereocenters. The Morgan fingerprint density at radius 3 is 2.38 bits per heavy atom. The van der Waals surface area contributed by atoms with Gasteiger partial charge in [0.05, 0.1) is 5.75 Å². The van der Waals surface area contributed by atoms with Gasteiger partial charge in [-0.2, -0.15) is 0 Å². The molecular formula is C11H7ClO3S. The first-order valence-electron chi connectivity index (χ1n) is 4.49. The summed E-state index contributed by atoms with van der Waals surface area (Å²) in [6.45, 7) is 0. The van der Waals surface area contributed by atoms with E-state index in [0.29, 0.717) is 10.6 Å². The van der Waals surface area contributed by atoms with Crippen molar-refractivity contribution in [1.82, 2.24) is 0 Å². The molecule has 0 radical (unpaired) electrons. The summed E-state index contributed by atoms with van der Waals surface area (Å²) in [5.41, 5.74) is 0.302. The first-order chi connectivity index (χ1) is 7.59. The van der Waals surface area contributed by atoms with Gasteiger partial charge in [-0.25, -0.2) is 0 Å². The lowest BCUT2D eigenvalue weighted by molar-refractivity contribution is -0.115. The largest absolute Gasteiger partial charge is 0.506 e. The standard InChI is InChI=1S/C11H7ClO3S/c12-7-3-1-6(2-4-7)10(14)9-8(13)5-16-11(9)15/h1-4,14H,5H2/b10-9+. The molecule has 0 saturated carbocycles. The van der Waals surface area contributed by atoms with E-state index in [1.165, 1.54) is 0 Å². The number of aliphatic hydroxyl groups is 1. The molecule has 2 rings (SSSR count). The first kappa shape index (κ1) is 11.2. The van der Waals surface area contributed by atoms with Gasteiger partial charge in [0.2, 0.25) is 5.12 Å². The molecule has 0 bridgehead atoms. The van der Waals surface area contributed by atoms with E-state index in [9.17, 15) is 14.7 Å². The molecule has 1 aromatic carbocycles. The van der Waals surface area contributed by atoms with Crippen LogP contribution in [0.15, 0.2) is 29.8 Å². The second-order valence-corrected chi connectivity index (χ2v) is 4.61. The molecular weight excluding hydrogens is 248 g/mol. The number of rotatable bonds is 1. The van der Waals surface area contributed by atoms with E-state index in [-0.39, 0.29) is 28.0 Å². The fourth-order valence-corrected chi connectivity index (χ4v) is 2.26. The second kappa shape index (κ2) is 4.31. The zero-order valence-corrected chi connectivity index (χ0v) is 9.64. The SMILES string of the molecule is O=C1CSC(=O)/C1=C(/O)c1ccc(Cl)cc1. The molecule has 0 aliphatic carbocycles. The number of hydrogen-bond donors (Lipinski definition) is 1. The number of carbonyl (C=O) groups excluding carboxylic acids is 2. The lowest BCUT2D eigenvalue weighted by Crippen LogP contribution is -2.04. The smallest absolute Gasteiger partial charge is 0.227 e. The van der Waals surface area contributed by atoms with Gasteiger partial charge in [0.25, 0.3) is 0 Å². The van der Waals surface area contributed by atoms with E-state index < -0.39 is 0 Å². The van der Waals surface area contributed by atoms with Crippen LogP contribution in [0.25, 0.3) is 5.76 Å². The number of thioether (sulfide) groups is 1.